The largest absolute Gasteiger partial charge is 0.450 e. The quantitative estimate of drug-likeness (QED) is 0.562. The van der Waals surface area contributed by atoms with E-state index in [9.17, 15) is 30.4 Å². The van der Waals surface area contributed by atoms with Crippen molar-refractivity contribution in [3.63, 3.8) is 0 Å². The fourth-order valence-corrected chi connectivity index (χ4v) is 4.65. The van der Waals surface area contributed by atoms with Crippen LogP contribution in [0.15, 0.2) is 80.2 Å². The first-order chi connectivity index (χ1) is 14.5. The first-order valence-corrected chi connectivity index (χ1v) is 11.5. The van der Waals surface area contributed by atoms with Crippen LogP contribution in [0.5, 0.6) is 5.75 Å². The molecule has 0 bridgehead atoms. The third-order valence-corrected chi connectivity index (χ3v) is 6.95. The minimum absolute atomic E-state index is 0.0574. The molecule has 164 valence electrons. The first kappa shape index (κ1) is 22.4. The van der Waals surface area contributed by atoms with Crippen molar-refractivity contribution in [2.45, 2.75) is 28.4 Å². The maximum Gasteiger partial charge on any atom is 0.387 e. The standard InChI is InChI=1S/C19H15F2NO7S2/c1-12-2-8-15(9-3-12)30(24,25)16-10-17(28-11-16)31(26,27)22-18(23)13-4-6-14(7-5-13)29-19(20)21/h2-11,19H,1H3,(H,22,23). The Labute approximate surface area is 176 Å². The minimum atomic E-state index is -4.55. The lowest BCUT2D eigenvalue weighted by Gasteiger charge is -2.06. The normalized spacial score (nSPS) is 12.0. The highest BCUT2D eigenvalue weighted by Gasteiger charge is 2.27. The Hall–Kier alpha value is -3.25. The molecule has 0 saturated carbocycles. The van der Waals surface area contributed by atoms with Gasteiger partial charge in [-0.15, -0.1) is 0 Å². The van der Waals surface area contributed by atoms with E-state index in [2.05, 4.69) is 4.74 Å². The van der Waals surface area contributed by atoms with E-state index in [-0.39, 0.29) is 16.2 Å². The van der Waals surface area contributed by atoms with Crippen molar-refractivity contribution in [2.24, 2.45) is 0 Å². The molecule has 0 radical (unpaired) electrons. The molecule has 0 atom stereocenters. The third kappa shape index (κ3) is 5.09. The van der Waals surface area contributed by atoms with Crippen LogP contribution in [0.2, 0.25) is 0 Å². The summed E-state index contributed by atoms with van der Waals surface area (Å²) in [5, 5.41) is -0.788. The van der Waals surface area contributed by atoms with Crippen molar-refractivity contribution in [3.8, 4) is 5.75 Å². The molecule has 3 aromatic rings. The Morgan fingerprint density at radius 2 is 1.58 bits per heavy atom. The van der Waals surface area contributed by atoms with Crippen molar-refractivity contribution in [3.05, 3.63) is 72.0 Å². The fraction of sp³-hybridized carbons (Fsp3) is 0.105. The average molecular weight is 471 g/mol. The summed E-state index contributed by atoms with van der Waals surface area (Å²) < 4.78 is 85.1. The van der Waals surface area contributed by atoms with Gasteiger partial charge in [-0.1, -0.05) is 17.7 Å². The Morgan fingerprint density at radius 3 is 2.16 bits per heavy atom. The fourth-order valence-electron chi connectivity index (χ4n) is 2.45. The van der Waals surface area contributed by atoms with Crippen molar-refractivity contribution in [1.29, 1.82) is 0 Å². The Bertz CT molecular complexity index is 1300. The molecule has 3 rings (SSSR count). The smallest absolute Gasteiger partial charge is 0.387 e. The predicted molar refractivity (Wildman–Crippen MR) is 103 cm³/mol. The number of carbonyl (C=O) groups is 1. The number of benzene rings is 2. The van der Waals surface area contributed by atoms with Crippen LogP contribution in [-0.2, 0) is 19.9 Å². The summed E-state index contributed by atoms with van der Waals surface area (Å²) in [6, 6.07) is 11.0. The molecule has 31 heavy (non-hydrogen) atoms. The third-order valence-electron chi connectivity index (χ3n) is 4.03. The number of rotatable bonds is 7. The van der Waals surface area contributed by atoms with Gasteiger partial charge in [0.2, 0.25) is 14.9 Å². The van der Waals surface area contributed by atoms with Crippen molar-refractivity contribution < 1.29 is 39.6 Å². The summed E-state index contributed by atoms with van der Waals surface area (Å²) in [5.74, 6) is -1.30. The van der Waals surface area contributed by atoms with Gasteiger partial charge in [0.15, 0.2) is 0 Å². The van der Waals surface area contributed by atoms with E-state index >= 15 is 0 Å². The molecule has 1 heterocycles. The molecule has 1 N–H and O–H groups in total. The maximum atomic E-state index is 12.6. The number of furan rings is 1. The highest BCUT2D eigenvalue weighted by molar-refractivity contribution is 7.92. The number of amides is 1. The van der Waals surface area contributed by atoms with E-state index < -0.39 is 42.4 Å². The molecular formula is C19H15F2NO7S2. The molecule has 1 amide bonds. The minimum Gasteiger partial charge on any atom is -0.450 e. The summed E-state index contributed by atoms with van der Waals surface area (Å²) in [6.07, 6.45) is 0.755. The molecule has 0 fully saturated rings. The zero-order chi connectivity index (χ0) is 22.8. The van der Waals surface area contributed by atoms with E-state index in [4.69, 9.17) is 4.42 Å². The summed E-state index contributed by atoms with van der Waals surface area (Å²) in [4.78, 5) is 11.7. The molecule has 0 aliphatic rings. The van der Waals surface area contributed by atoms with Gasteiger partial charge in [-0.2, -0.15) is 17.2 Å². The van der Waals surface area contributed by atoms with Crippen molar-refractivity contribution >= 4 is 25.8 Å². The lowest BCUT2D eigenvalue weighted by molar-refractivity contribution is -0.0498. The van der Waals surface area contributed by atoms with Crippen LogP contribution in [0.3, 0.4) is 0 Å². The van der Waals surface area contributed by atoms with Gasteiger partial charge in [0.05, 0.1) is 4.90 Å². The number of aryl methyl sites for hydroxylation is 1. The van der Waals surface area contributed by atoms with Gasteiger partial charge in [0, 0.05) is 11.6 Å². The Kier molecular flexibility index (Phi) is 6.13. The van der Waals surface area contributed by atoms with Gasteiger partial charge in [0.25, 0.3) is 15.9 Å². The molecule has 1 aromatic heterocycles. The second kappa shape index (κ2) is 8.47. The number of alkyl halides is 2. The van der Waals surface area contributed by atoms with E-state index in [1.165, 1.54) is 12.1 Å². The van der Waals surface area contributed by atoms with Gasteiger partial charge in [-0.25, -0.2) is 13.1 Å². The van der Waals surface area contributed by atoms with E-state index in [1.54, 1.807) is 23.8 Å². The van der Waals surface area contributed by atoms with Gasteiger partial charge >= 0.3 is 6.61 Å². The van der Waals surface area contributed by atoms with E-state index in [0.29, 0.717) is 0 Å². The van der Waals surface area contributed by atoms with Crippen LogP contribution < -0.4 is 9.46 Å². The molecular weight excluding hydrogens is 456 g/mol. The summed E-state index contributed by atoms with van der Waals surface area (Å²) in [6.45, 7) is -1.27. The summed E-state index contributed by atoms with van der Waals surface area (Å²) >= 11 is 0. The molecule has 0 unspecified atom stereocenters. The molecule has 0 spiro atoms. The molecule has 8 nitrogen and oxygen atoms in total. The van der Waals surface area contributed by atoms with Crippen LogP contribution in [0.1, 0.15) is 15.9 Å². The molecule has 12 heteroatoms. The van der Waals surface area contributed by atoms with Gasteiger partial charge in [-0.05, 0) is 43.3 Å². The number of hydrogen-bond acceptors (Lipinski definition) is 7. The van der Waals surface area contributed by atoms with Crippen LogP contribution >= 0.6 is 0 Å². The summed E-state index contributed by atoms with van der Waals surface area (Å²) in [7, 11) is -8.58. The molecule has 0 aliphatic carbocycles. The number of halogens is 2. The predicted octanol–water partition coefficient (Wildman–Crippen LogP) is 3.14. The van der Waals surface area contributed by atoms with Crippen LogP contribution in [-0.4, -0.2) is 29.4 Å². The number of sulfone groups is 1. The highest BCUT2D eigenvalue weighted by atomic mass is 32.2. The van der Waals surface area contributed by atoms with E-state index in [1.807, 2.05) is 0 Å². The lowest BCUT2D eigenvalue weighted by atomic mass is 10.2. The monoisotopic (exact) mass is 471 g/mol. The van der Waals surface area contributed by atoms with Gasteiger partial charge in [-0.3, -0.25) is 4.79 Å². The molecule has 0 aliphatic heterocycles. The second-order valence-electron chi connectivity index (χ2n) is 6.26. The Balaban J connectivity index is 1.79. The lowest BCUT2D eigenvalue weighted by Crippen LogP contribution is -2.30. The summed E-state index contributed by atoms with van der Waals surface area (Å²) in [5.41, 5.74) is 0.676. The maximum absolute atomic E-state index is 12.6. The second-order valence-corrected chi connectivity index (χ2v) is 9.82. The molecule has 0 saturated heterocycles. The SMILES string of the molecule is Cc1ccc(S(=O)(=O)c2coc(S(=O)(=O)NC(=O)c3ccc(OC(F)F)cc3)c2)cc1. The van der Waals surface area contributed by atoms with Crippen LogP contribution in [0.4, 0.5) is 8.78 Å². The zero-order valence-electron chi connectivity index (χ0n) is 15.8. The zero-order valence-corrected chi connectivity index (χ0v) is 17.4. The molecule has 2 aromatic carbocycles. The number of sulfonamides is 1. The number of hydrogen-bond donors (Lipinski definition) is 1. The topological polar surface area (TPSA) is 120 Å². The Morgan fingerprint density at radius 1 is 0.968 bits per heavy atom. The van der Waals surface area contributed by atoms with Gasteiger partial charge < -0.3 is 9.15 Å². The first-order valence-electron chi connectivity index (χ1n) is 8.51. The number of ether oxygens (including phenoxy) is 1. The number of nitrogens with one attached hydrogen (secondary N) is 1. The van der Waals surface area contributed by atoms with Crippen molar-refractivity contribution in [2.75, 3.05) is 0 Å². The average Bonchev–Trinajstić information content (AvgIpc) is 3.20. The highest BCUT2D eigenvalue weighted by Crippen LogP contribution is 2.25. The number of carbonyl (C=O) groups excluding carboxylic acids is 1. The van der Waals surface area contributed by atoms with Crippen LogP contribution in [0, 0.1) is 6.92 Å². The van der Waals surface area contributed by atoms with Gasteiger partial charge in [0.1, 0.15) is 16.9 Å². The van der Waals surface area contributed by atoms with Crippen LogP contribution in [0.25, 0.3) is 0 Å². The van der Waals surface area contributed by atoms with Crippen molar-refractivity contribution in [1.82, 2.24) is 4.72 Å². The van der Waals surface area contributed by atoms with E-state index in [0.717, 1.165) is 42.2 Å².